The van der Waals surface area contributed by atoms with Gasteiger partial charge in [0, 0.05) is 13.0 Å². The lowest BCUT2D eigenvalue weighted by atomic mass is 9.71. The molecule has 0 unspecified atom stereocenters. The van der Waals surface area contributed by atoms with Gasteiger partial charge in [-0.3, -0.25) is 4.52 Å². The number of nitrogens with zero attached hydrogens (tertiary/aromatic N) is 1. The highest BCUT2D eigenvalue weighted by molar-refractivity contribution is 5.64. The number of amides is 1. The lowest BCUT2D eigenvalue weighted by Crippen LogP contribution is -2.40. The Morgan fingerprint density at radius 2 is 2.11 bits per heavy atom. The molecular formula is C11H16N2O5. The molecule has 1 aromatic heterocycles. The van der Waals surface area contributed by atoms with Crippen molar-refractivity contribution in [1.82, 2.24) is 10.5 Å². The lowest BCUT2D eigenvalue weighted by Gasteiger charge is -2.35. The van der Waals surface area contributed by atoms with Crippen molar-refractivity contribution in [3.05, 3.63) is 16.5 Å². The minimum atomic E-state index is -1.04. The first-order valence-electron chi connectivity index (χ1n) is 6.02. The third-order valence-electron chi connectivity index (χ3n) is 3.48. The van der Waals surface area contributed by atoms with Gasteiger partial charge < -0.3 is 14.8 Å². The van der Waals surface area contributed by atoms with Gasteiger partial charge in [-0.25, -0.2) is 9.59 Å². The molecule has 1 amide bonds. The van der Waals surface area contributed by atoms with Crippen LogP contribution in [0, 0.1) is 5.41 Å². The molecule has 0 radical (unpaired) electrons. The molecule has 0 saturated heterocycles. The Morgan fingerprint density at radius 1 is 1.39 bits per heavy atom. The number of hydrogen-bond donors (Lipinski definition) is 2. The van der Waals surface area contributed by atoms with Crippen LogP contribution in [0.3, 0.4) is 0 Å². The van der Waals surface area contributed by atoms with E-state index in [4.69, 9.17) is 9.52 Å². The van der Waals surface area contributed by atoms with Gasteiger partial charge >= 0.3 is 11.9 Å². The highest BCUT2D eigenvalue weighted by atomic mass is 16.6. The van der Waals surface area contributed by atoms with Crippen LogP contribution in [0.25, 0.3) is 0 Å². The van der Waals surface area contributed by atoms with Gasteiger partial charge in [0.1, 0.15) is 0 Å². The summed E-state index contributed by atoms with van der Waals surface area (Å²) in [6.07, 6.45) is 4.42. The molecule has 2 N–H and O–H groups in total. The van der Waals surface area contributed by atoms with Crippen LogP contribution in [0.15, 0.2) is 13.7 Å². The third-order valence-corrected chi connectivity index (χ3v) is 3.48. The van der Waals surface area contributed by atoms with E-state index in [9.17, 15) is 9.59 Å². The van der Waals surface area contributed by atoms with Crippen molar-refractivity contribution in [2.75, 3.05) is 6.54 Å². The van der Waals surface area contributed by atoms with E-state index in [1.54, 1.807) is 0 Å². The minimum Gasteiger partial charge on any atom is -0.465 e. The molecule has 1 aliphatic rings. The van der Waals surface area contributed by atoms with Gasteiger partial charge in [-0.1, -0.05) is 19.3 Å². The maximum atomic E-state index is 10.8. The smallest absolute Gasteiger partial charge is 0.465 e. The van der Waals surface area contributed by atoms with E-state index in [1.807, 2.05) is 0 Å². The summed E-state index contributed by atoms with van der Waals surface area (Å²) in [7, 11) is 0. The topological polar surface area (TPSA) is 106 Å². The predicted octanol–water partition coefficient (Wildman–Crippen LogP) is 1.39. The first kappa shape index (κ1) is 12.7. The summed E-state index contributed by atoms with van der Waals surface area (Å²) in [4.78, 5) is 21.4. The fourth-order valence-corrected chi connectivity index (χ4v) is 2.59. The molecule has 0 spiro atoms. The van der Waals surface area contributed by atoms with Crippen molar-refractivity contribution in [3.63, 3.8) is 0 Å². The SMILES string of the molecule is O=C(O)NCC1(Cc2noc(=O)o2)CCCCC1. The van der Waals surface area contributed by atoms with Crippen molar-refractivity contribution in [3.8, 4) is 0 Å². The van der Waals surface area contributed by atoms with Crippen LogP contribution in [-0.4, -0.2) is 22.9 Å². The van der Waals surface area contributed by atoms with E-state index in [0.717, 1.165) is 32.1 Å². The second-order valence-electron chi connectivity index (χ2n) is 4.82. The maximum absolute atomic E-state index is 10.8. The Kier molecular flexibility index (Phi) is 3.69. The molecule has 0 bridgehead atoms. The Hall–Kier alpha value is -1.79. The molecule has 7 nitrogen and oxygen atoms in total. The summed E-state index contributed by atoms with van der Waals surface area (Å²) in [6, 6.07) is 0. The summed E-state index contributed by atoms with van der Waals surface area (Å²) in [6.45, 7) is 0.346. The Morgan fingerprint density at radius 3 is 2.67 bits per heavy atom. The number of aromatic nitrogens is 1. The van der Waals surface area contributed by atoms with Crippen molar-refractivity contribution < 1.29 is 18.8 Å². The molecule has 2 rings (SSSR count). The summed E-state index contributed by atoms with van der Waals surface area (Å²) < 4.78 is 9.18. The average Bonchev–Trinajstić information content (AvgIpc) is 2.73. The molecule has 1 fully saturated rings. The summed E-state index contributed by atoms with van der Waals surface area (Å²) in [5.41, 5.74) is -0.219. The van der Waals surface area contributed by atoms with Gasteiger partial charge in [-0.15, -0.1) is 0 Å². The molecule has 0 atom stereocenters. The quantitative estimate of drug-likeness (QED) is 0.843. The molecule has 1 aromatic rings. The lowest BCUT2D eigenvalue weighted by molar-refractivity contribution is 0.151. The number of hydrogen-bond acceptors (Lipinski definition) is 5. The van der Waals surface area contributed by atoms with Crippen molar-refractivity contribution >= 4 is 6.09 Å². The van der Waals surface area contributed by atoms with Crippen LogP contribution in [-0.2, 0) is 6.42 Å². The molecule has 1 heterocycles. The number of rotatable bonds is 4. The average molecular weight is 256 g/mol. The van der Waals surface area contributed by atoms with Gasteiger partial charge in [-0.2, -0.15) is 0 Å². The van der Waals surface area contributed by atoms with E-state index in [1.165, 1.54) is 0 Å². The zero-order valence-electron chi connectivity index (χ0n) is 9.98. The number of carbonyl (C=O) groups is 1. The molecule has 1 aliphatic carbocycles. The van der Waals surface area contributed by atoms with Crippen LogP contribution in [0.4, 0.5) is 4.79 Å². The first-order chi connectivity index (χ1) is 8.60. The minimum absolute atomic E-state index is 0.219. The third kappa shape index (κ3) is 3.12. The van der Waals surface area contributed by atoms with Crippen LogP contribution in [0.2, 0.25) is 0 Å². The van der Waals surface area contributed by atoms with E-state index in [2.05, 4.69) is 15.0 Å². The van der Waals surface area contributed by atoms with Crippen LogP contribution in [0.1, 0.15) is 38.0 Å². The normalized spacial score (nSPS) is 18.4. The zero-order chi connectivity index (χ0) is 13.0. The van der Waals surface area contributed by atoms with Crippen molar-refractivity contribution in [2.24, 2.45) is 5.41 Å². The van der Waals surface area contributed by atoms with Crippen LogP contribution >= 0.6 is 0 Å². The van der Waals surface area contributed by atoms with Crippen LogP contribution in [0.5, 0.6) is 0 Å². The fourth-order valence-electron chi connectivity index (χ4n) is 2.59. The largest absolute Gasteiger partial charge is 0.542 e. The first-order valence-corrected chi connectivity index (χ1v) is 6.02. The van der Waals surface area contributed by atoms with Gasteiger partial charge in [0.15, 0.2) is 0 Å². The predicted molar refractivity (Wildman–Crippen MR) is 60.3 cm³/mol. The Balaban J connectivity index is 2.08. The van der Waals surface area contributed by atoms with E-state index in [0.29, 0.717) is 13.0 Å². The standard InChI is InChI=1S/C11H16N2O5/c14-9(15)12-7-11(4-2-1-3-5-11)6-8-13-18-10(16)17-8/h12H,1-7H2,(H,14,15). The Labute approximate surface area is 103 Å². The second-order valence-corrected chi connectivity index (χ2v) is 4.82. The molecular weight excluding hydrogens is 240 g/mol. The zero-order valence-corrected chi connectivity index (χ0v) is 9.98. The highest BCUT2D eigenvalue weighted by Gasteiger charge is 2.34. The van der Waals surface area contributed by atoms with Gasteiger partial charge in [0.25, 0.3) is 0 Å². The van der Waals surface area contributed by atoms with Gasteiger partial charge in [0.2, 0.25) is 5.89 Å². The summed E-state index contributed by atoms with van der Waals surface area (Å²) in [5.74, 6) is -0.573. The second kappa shape index (κ2) is 5.24. The summed E-state index contributed by atoms with van der Waals surface area (Å²) >= 11 is 0. The van der Waals surface area contributed by atoms with Crippen molar-refractivity contribution in [2.45, 2.75) is 38.5 Å². The Bertz CT molecular complexity index is 458. The van der Waals surface area contributed by atoms with E-state index < -0.39 is 11.9 Å². The van der Waals surface area contributed by atoms with E-state index >= 15 is 0 Å². The van der Waals surface area contributed by atoms with Crippen LogP contribution < -0.4 is 11.1 Å². The highest BCUT2D eigenvalue weighted by Crippen LogP contribution is 2.38. The van der Waals surface area contributed by atoms with Crippen molar-refractivity contribution in [1.29, 1.82) is 0 Å². The van der Waals surface area contributed by atoms with Gasteiger partial charge in [-0.05, 0) is 23.4 Å². The number of carboxylic acid groups (broad SMARTS) is 1. The molecule has 18 heavy (non-hydrogen) atoms. The number of nitrogens with one attached hydrogen (secondary N) is 1. The van der Waals surface area contributed by atoms with E-state index in [-0.39, 0.29) is 11.3 Å². The summed E-state index contributed by atoms with van der Waals surface area (Å²) in [5, 5.41) is 14.7. The monoisotopic (exact) mass is 256 g/mol. The molecule has 0 aromatic carbocycles. The molecule has 7 heteroatoms. The van der Waals surface area contributed by atoms with Gasteiger partial charge in [0.05, 0.1) is 0 Å². The molecule has 1 saturated carbocycles. The molecule has 0 aliphatic heterocycles. The fraction of sp³-hybridized carbons (Fsp3) is 0.727. The maximum Gasteiger partial charge on any atom is 0.542 e. The molecule has 100 valence electrons.